The highest BCUT2D eigenvalue weighted by atomic mass is 19.1. The molecule has 3 N–H and O–H groups in total. The molecule has 0 saturated carbocycles. The molecular weight excluding hydrogens is 423 g/mol. The number of fused-ring (bicyclic) bond motifs is 1. The lowest BCUT2D eigenvalue weighted by atomic mass is 10.0. The first kappa shape index (κ1) is 22.2. The van der Waals surface area contributed by atoms with E-state index in [4.69, 9.17) is 5.73 Å². The molecule has 0 atom stereocenters. The molecule has 170 valence electrons. The van der Waals surface area contributed by atoms with Crippen LogP contribution >= 0.6 is 0 Å². The van der Waals surface area contributed by atoms with Gasteiger partial charge in [0, 0.05) is 32.7 Å². The summed E-state index contributed by atoms with van der Waals surface area (Å²) < 4.78 is 14.7. The number of carbonyl (C=O) groups is 2. The average Bonchev–Trinajstić information content (AvgIpc) is 2.92. The fourth-order valence-corrected chi connectivity index (χ4v) is 4.06. The maximum Gasteiger partial charge on any atom is 0.250 e. The van der Waals surface area contributed by atoms with Gasteiger partial charge in [0.25, 0.3) is 5.91 Å². The highest BCUT2D eigenvalue weighted by molar-refractivity contribution is 6.00. The molecule has 4 rings (SSSR count). The molecule has 2 heterocycles. The molecule has 9 heteroatoms. The van der Waals surface area contributed by atoms with Gasteiger partial charge in [0.1, 0.15) is 0 Å². The number of nitrogens with zero attached hydrogens (tertiary/aromatic N) is 4. The maximum atomic E-state index is 14.7. The van der Waals surface area contributed by atoms with E-state index in [1.807, 2.05) is 31.2 Å². The van der Waals surface area contributed by atoms with Gasteiger partial charge in [-0.1, -0.05) is 18.2 Å². The maximum absolute atomic E-state index is 14.7. The molecule has 0 spiro atoms. The summed E-state index contributed by atoms with van der Waals surface area (Å²) in [5.41, 5.74) is 9.92. The number of primary amides is 1. The Hall–Kier alpha value is -4.01. The number of aryl methyl sites for hydroxylation is 2. The predicted molar refractivity (Wildman–Crippen MR) is 124 cm³/mol. The first-order chi connectivity index (χ1) is 15.7. The fourth-order valence-electron chi connectivity index (χ4n) is 4.06. The average molecular weight is 449 g/mol. The van der Waals surface area contributed by atoms with Crippen LogP contribution in [0.3, 0.4) is 0 Å². The molecule has 2 aromatic carbocycles. The van der Waals surface area contributed by atoms with Crippen molar-refractivity contribution in [3.63, 3.8) is 0 Å². The van der Waals surface area contributed by atoms with Crippen LogP contribution in [0.15, 0.2) is 42.6 Å². The van der Waals surface area contributed by atoms with Crippen molar-refractivity contribution < 1.29 is 14.0 Å². The van der Waals surface area contributed by atoms with Crippen molar-refractivity contribution in [2.45, 2.75) is 26.3 Å². The molecule has 8 nitrogen and oxygen atoms in total. The molecule has 1 aromatic heterocycles. The molecule has 33 heavy (non-hydrogen) atoms. The van der Waals surface area contributed by atoms with Gasteiger partial charge < -0.3 is 20.9 Å². The zero-order chi connectivity index (χ0) is 23.7. The van der Waals surface area contributed by atoms with Gasteiger partial charge >= 0.3 is 0 Å². The van der Waals surface area contributed by atoms with Crippen LogP contribution in [0.4, 0.5) is 27.5 Å². The Kier molecular flexibility index (Phi) is 5.95. The van der Waals surface area contributed by atoms with Crippen molar-refractivity contribution in [3.05, 3.63) is 70.7 Å². The van der Waals surface area contributed by atoms with Gasteiger partial charge in [0.15, 0.2) is 11.6 Å². The molecule has 0 saturated heterocycles. The van der Waals surface area contributed by atoms with E-state index in [0.29, 0.717) is 25.1 Å². The van der Waals surface area contributed by atoms with Crippen LogP contribution in [-0.2, 0) is 17.8 Å². The molecule has 3 aromatic rings. The zero-order valence-electron chi connectivity index (χ0n) is 18.7. The first-order valence-corrected chi connectivity index (χ1v) is 10.5. The molecule has 0 radical (unpaired) electrons. The predicted octanol–water partition coefficient (Wildman–Crippen LogP) is 3.44. The van der Waals surface area contributed by atoms with Gasteiger partial charge in [-0.2, -0.15) is 4.98 Å². The summed E-state index contributed by atoms with van der Waals surface area (Å²) in [6, 6.07) is 10.9. The van der Waals surface area contributed by atoms with Gasteiger partial charge in [-0.05, 0) is 48.2 Å². The minimum absolute atomic E-state index is 0.00406. The Labute approximate surface area is 191 Å². The Morgan fingerprint density at radius 3 is 2.76 bits per heavy atom. The minimum atomic E-state index is -0.635. The first-order valence-electron chi connectivity index (χ1n) is 10.5. The van der Waals surface area contributed by atoms with Crippen LogP contribution in [0.1, 0.15) is 33.5 Å². The van der Waals surface area contributed by atoms with E-state index in [1.54, 1.807) is 31.1 Å². The van der Waals surface area contributed by atoms with E-state index in [0.717, 1.165) is 28.6 Å². The Balaban J connectivity index is 1.65. The highest BCUT2D eigenvalue weighted by Gasteiger charge is 2.21. The highest BCUT2D eigenvalue weighted by Crippen LogP contribution is 2.31. The second kappa shape index (κ2) is 8.85. The lowest BCUT2D eigenvalue weighted by molar-refractivity contribution is -0.130. The van der Waals surface area contributed by atoms with Crippen molar-refractivity contribution in [2.24, 2.45) is 5.73 Å². The zero-order valence-corrected chi connectivity index (χ0v) is 18.7. The molecule has 0 aliphatic carbocycles. The quantitative estimate of drug-likeness (QED) is 0.620. The molecule has 0 bridgehead atoms. The van der Waals surface area contributed by atoms with Gasteiger partial charge in [-0.25, -0.2) is 9.37 Å². The van der Waals surface area contributed by atoms with Gasteiger partial charge in [0.05, 0.1) is 17.4 Å². The number of benzene rings is 2. The minimum Gasteiger partial charge on any atom is -0.366 e. The van der Waals surface area contributed by atoms with Crippen molar-refractivity contribution in [1.29, 1.82) is 0 Å². The van der Waals surface area contributed by atoms with E-state index < -0.39 is 11.7 Å². The normalized spacial score (nSPS) is 13.3. The molecule has 1 aliphatic rings. The smallest absolute Gasteiger partial charge is 0.250 e. The Morgan fingerprint density at radius 1 is 1.21 bits per heavy atom. The summed E-state index contributed by atoms with van der Waals surface area (Å²) in [7, 11) is 3.41. The lowest BCUT2D eigenvalue weighted by Crippen LogP contribution is -2.24. The van der Waals surface area contributed by atoms with Crippen LogP contribution in [-0.4, -0.2) is 40.8 Å². The summed E-state index contributed by atoms with van der Waals surface area (Å²) in [6.45, 7) is 2.33. The monoisotopic (exact) mass is 448 g/mol. The van der Waals surface area contributed by atoms with Crippen LogP contribution in [0.25, 0.3) is 0 Å². The number of aromatic nitrogens is 2. The van der Waals surface area contributed by atoms with E-state index in [9.17, 15) is 14.0 Å². The van der Waals surface area contributed by atoms with Crippen molar-refractivity contribution in [3.8, 4) is 0 Å². The van der Waals surface area contributed by atoms with Crippen LogP contribution in [0.5, 0.6) is 0 Å². The number of hydrogen-bond acceptors (Lipinski definition) is 6. The molecule has 0 unspecified atom stereocenters. The number of para-hydroxylation sites is 1. The van der Waals surface area contributed by atoms with E-state index in [-0.39, 0.29) is 23.2 Å². The van der Waals surface area contributed by atoms with Crippen LogP contribution in [0, 0.1) is 12.7 Å². The topological polar surface area (TPSA) is 104 Å². The van der Waals surface area contributed by atoms with Gasteiger partial charge in [-0.3, -0.25) is 9.59 Å². The lowest BCUT2D eigenvalue weighted by Gasteiger charge is -2.23. The summed E-state index contributed by atoms with van der Waals surface area (Å²) in [5, 5.41) is 3.12. The van der Waals surface area contributed by atoms with Gasteiger partial charge in [-0.15, -0.1) is 0 Å². The number of carbonyl (C=O) groups excluding carboxylic acids is 2. The van der Waals surface area contributed by atoms with Gasteiger partial charge in [0.2, 0.25) is 11.9 Å². The van der Waals surface area contributed by atoms with E-state index >= 15 is 0 Å². The molecule has 0 fully saturated rings. The fraction of sp³-hybridized carbons (Fsp3) is 0.250. The number of nitrogens with one attached hydrogen (secondary N) is 1. The summed E-state index contributed by atoms with van der Waals surface area (Å²) in [5.74, 6) is -0.928. The number of nitrogens with two attached hydrogens (primary N) is 1. The second-order valence-electron chi connectivity index (χ2n) is 8.12. The third-order valence-electron chi connectivity index (χ3n) is 5.79. The van der Waals surface area contributed by atoms with Crippen molar-refractivity contribution >= 4 is 35.0 Å². The van der Waals surface area contributed by atoms with E-state index in [2.05, 4.69) is 15.3 Å². The van der Waals surface area contributed by atoms with Crippen molar-refractivity contribution in [1.82, 2.24) is 14.9 Å². The molecule has 2 amide bonds. The number of hydrogen-bond donors (Lipinski definition) is 2. The largest absolute Gasteiger partial charge is 0.366 e. The second-order valence-corrected chi connectivity index (χ2v) is 8.12. The Bertz CT molecular complexity index is 1250. The SMILES string of the molecule is Cc1cccc(C(N)=O)c1N(C)c1nc(Nc2ccc3c(c2)CN(C)C(=O)CC3)ncc1F. The molecular formula is C24H25FN6O2. The summed E-state index contributed by atoms with van der Waals surface area (Å²) in [6.07, 6.45) is 2.26. The Morgan fingerprint density at radius 2 is 2.00 bits per heavy atom. The van der Waals surface area contributed by atoms with Crippen LogP contribution < -0.4 is 16.0 Å². The standard InChI is InChI=1S/C24H25FN6O2/c1-14-5-4-6-18(22(26)33)21(14)31(3)23-19(25)12-27-24(29-23)28-17-9-7-15-8-10-20(32)30(2)13-16(15)11-17/h4-7,9,11-12H,8,10,13H2,1-3H3,(H2,26,33)(H,27,28,29). The van der Waals surface area contributed by atoms with Crippen LogP contribution in [0.2, 0.25) is 0 Å². The van der Waals surface area contributed by atoms with Crippen molar-refractivity contribution in [2.75, 3.05) is 24.3 Å². The number of rotatable bonds is 5. The number of halogens is 1. The third-order valence-corrected chi connectivity index (χ3v) is 5.79. The summed E-state index contributed by atoms with van der Waals surface area (Å²) in [4.78, 5) is 35.6. The number of anilines is 4. The third kappa shape index (κ3) is 4.48. The number of amides is 2. The van der Waals surface area contributed by atoms with E-state index in [1.165, 1.54) is 4.90 Å². The molecule has 1 aliphatic heterocycles. The summed E-state index contributed by atoms with van der Waals surface area (Å²) >= 11 is 0.